The first-order valence-corrected chi connectivity index (χ1v) is 5.29. The van der Waals surface area contributed by atoms with Crippen LogP contribution in [0.4, 0.5) is 0 Å². The molecule has 0 aliphatic heterocycles. The van der Waals surface area contributed by atoms with E-state index in [0.29, 0.717) is 8.58 Å². The van der Waals surface area contributed by atoms with Crippen molar-refractivity contribution in [3.63, 3.8) is 0 Å². The summed E-state index contributed by atoms with van der Waals surface area (Å²) in [5, 5.41) is 2.50. The van der Waals surface area contributed by atoms with E-state index in [1.165, 1.54) is 10.6 Å². The van der Waals surface area contributed by atoms with Crippen LogP contribution in [0.2, 0.25) is 0 Å². The zero-order valence-electron chi connectivity index (χ0n) is 8.38. The predicted octanol–water partition coefficient (Wildman–Crippen LogP) is 4.40. The maximum Gasteiger partial charge on any atom is -0.0232 e. The summed E-state index contributed by atoms with van der Waals surface area (Å²) in [6.45, 7) is 11.6. The quantitative estimate of drug-likeness (QED) is 0.447. The molecule has 0 spiro atoms. The van der Waals surface area contributed by atoms with Crippen LogP contribution in [0.5, 0.6) is 0 Å². The van der Waals surface area contributed by atoms with Gasteiger partial charge in [-0.15, -0.1) is 0 Å². The van der Waals surface area contributed by atoms with Crippen LogP contribution in [0.3, 0.4) is 0 Å². The molecule has 0 saturated carbocycles. The third-order valence-electron chi connectivity index (χ3n) is 1.51. The standard InChI is InChI=1S/C12H17P/c1-5-9-10-12(8-4)13-11(6-2)7-3/h5-10,13H,2,4H2,1,3H3/b9-5-,11-7+,12-10+. The summed E-state index contributed by atoms with van der Waals surface area (Å²) in [6.07, 6.45) is 12.0. The maximum absolute atomic E-state index is 3.78. The Kier molecular flexibility index (Phi) is 7.24. The predicted molar refractivity (Wildman–Crippen MR) is 65.4 cm³/mol. The van der Waals surface area contributed by atoms with Crippen LogP contribution in [0.25, 0.3) is 0 Å². The van der Waals surface area contributed by atoms with Crippen molar-refractivity contribution in [2.75, 3.05) is 0 Å². The molecule has 0 aliphatic rings. The number of hydrogen-bond donors (Lipinski definition) is 0. The van der Waals surface area contributed by atoms with Crippen LogP contribution in [0.1, 0.15) is 13.8 Å². The van der Waals surface area contributed by atoms with Gasteiger partial charge in [0, 0.05) is 0 Å². The third-order valence-corrected chi connectivity index (χ3v) is 2.95. The topological polar surface area (TPSA) is 0 Å². The fraction of sp³-hybridized carbons (Fsp3) is 0.167. The highest BCUT2D eigenvalue weighted by molar-refractivity contribution is 7.48. The van der Waals surface area contributed by atoms with E-state index in [1.807, 2.05) is 38.2 Å². The third kappa shape index (κ3) is 5.38. The van der Waals surface area contributed by atoms with Gasteiger partial charge in [-0.05, 0) is 24.5 Å². The summed E-state index contributed by atoms with van der Waals surface area (Å²) < 4.78 is 0. The lowest BCUT2D eigenvalue weighted by atomic mass is 10.4. The zero-order chi connectivity index (χ0) is 10.1. The molecular weight excluding hydrogens is 175 g/mol. The Morgan fingerprint density at radius 2 is 1.69 bits per heavy atom. The normalized spacial score (nSPS) is 14.3. The van der Waals surface area contributed by atoms with E-state index in [-0.39, 0.29) is 0 Å². The second-order valence-electron chi connectivity index (χ2n) is 2.43. The molecule has 0 aliphatic carbocycles. The molecule has 0 heterocycles. The van der Waals surface area contributed by atoms with E-state index in [4.69, 9.17) is 0 Å². The minimum Gasteiger partial charge on any atom is -0.0984 e. The lowest BCUT2D eigenvalue weighted by Crippen LogP contribution is -1.68. The molecule has 0 bridgehead atoms. The second-order valence-corrected chi connectivity index (χ2v) is 3.83. The minimum absolute atomic E-state index is 0.659. The molecule has 1 atom stereocenters. The van der Waals surface area contributed by atoms with Gasteiger partial charge in [-0.2, -0.15) is 0 Å². The highest BCUT2D eigenvalue weighted by atomic mass is 31.1. The first-order chi connectivity index (χ1) is 6.28. The van der Waals surface area contributed by atoms with Crippen molar-refractivity contribution in [2.24, 2.45) is 0 Å². The molecule has 0 saturated heterocycles. The summed E-state index contributed by atoms with van der Waals surface area (Å²) >= 11 is 0. The summed E-state index contributed by atoms with van der Waals surface area (Å²) in [4.78, 5) is 0. The zero-order valence-corrected chi connectivity index (χ0v) is 9.38. The van der Waals surface area contributed by atoms with Gasteiger partial charge >= 0.3 is 0 Å². The molecule has 0 aromatic rings. The molecule has 0 N–H and O–H groups in total. The van der Waals surface area contributed by atoms with Crippen molar-refractivity contribution in [1.82, 2.24) is 0 Å². The summed E-state index contributed by atoms with van der Waals surface area (Å²) in [7, 11) is 0.659. The van der Waals surface area contributed by atoms with E-state index < -0.39 is 0 Å². The molecule has 1 unspecified atom stereocenters. The fourth-order valence-electron chi connectivity index (χ4n) is 0.768. The largest absolute Gasteiger partial charge is 0.0984 e. The van der Waals surface area contributed by atoms with Crippen molar-refractivity contribution < 1.29 is 0 Å². The van der Waals surface area contributed by atoms with Crippen molar-refractivity contribution in [3.8, 4) is 0 Å². The highest BCUT2D eigenvalue weighted by Crippen LogP contribution is 2.33. The van der Waals surface area contributed by atoms with E-state index in [0.717, 1.165) is 0 Å². The molecule has 70 valence electrons. The molecule has 1 heteroatoms. The number of hydrogen-bond acceptors (Lipinski definition) is 0. The molecule has 0 amide bonds. The van der Waals surface area contributed by atoms with Gasteiger partial charge in [0.15, 0.2) is 0 Å². The molecule has 0 fully saturated rings. The van der Waals surface area contributed by atoms with Crippen molar-refractivity contribution in [2.45, 2.75) is 13.8 Å². The van der Waals surface area contributed by atoms with Crippen molar-refractivity contribution in [3.05, 3.63) is 60.2 Å². The Labute approximate surface area is 83.2 Å². The van der Waals surface area contributed by atoms with Crippen LogP contribution in [0.15, 0.2) is 60.2 Å². The van der Waals surface area contributed by atoms with E-state index in [1.54, 1.807) is 0 Å². The van der Waals surface area contributed by atoms with Gasteiger partial charge in [-0.3, -0.25) is 0 Å². The van der Waals surface area contributed by atoms with Crippen molar-refractivity contribution in [1.29, 1.82) is 0 Å². The van der Waals surface area contributed by atoms with Gasteiger partial charge in [-0.1, -0.05) is 58.2 Å². The van der Waals surface area contributed by atoms with Gasteiger partial charge in [0.05, 0.1) is 0 Å². The molecule has 0 rings (SSSR count). The van der Waals surface area contributed by atoms with E-state index in [2.05, 4.69) is 25.3 Å². The van der Waals surface area contributed by atoms with E-state index in [9.17, 15) is 0 Å². The summed E-state index contributed by atoms with van der Waals surface area (Å²) in [6, 6.07) is 0. The highest BCUT2D eigenvalue weighted by Gasteiger charge is 1.92. The second kappa shape index (κ2) is 7.76. The molecule has 0 aromatic heterocycles. The smallest absolute Gasteiger partial charge is 0.0232 e. The average molecular weight is 192 g/mol. The Balaban J connectivity index is 4.45. The van der Waals surface area contributed by atoms with Gasteiger partial charge < -0.3 is 0 Å². The SMILES string of the molecule is C=C/C(=C\C)P/C(C=C)=C/C=C\C. The number of allylic oxidation sites excluding steroid dienone is 8. The number of rotatable bonds is 5. The van der Waals surface area contributed by atoms with Crippen LogP contribution < -0.4 is 0 Å². The summed E-state index contributed by atoms with van der Waals surface area (Å²) in [5.41, 5.74) is 0. The Morgan fingerprint density at radius 1 is 1.08 bits per heavy atom. The van der Waals surface area contributed by atoms with Gasteiger partial charge in [-0.25, -0.2) is 0 Å². The van der Waals surface area contributed by atoms with Gasteiger partial charge in [0.2, 0.25) is 0 Å². The van der Waals surface area contributed by atoms with Crippen molar-refractivity contribution >= 4 is 8.58 Å². The van der Waals surface area contributed by atoms with E-state index >= 15 is 0 Å². The van der Waals surface area contributed by atoms with Crippen LogP contribution in [-0.2, 0) is 0 Å². The minimum atomic E-state index is 0.659. The first kappa shape index (κ1) is 12.1. The van der Waals surface area contributed by atoms with Crippen LogP contribution in [0, 0.1) is 0 Å². The monoisotopic (exact) mass is 192 g/mol. The summed E-state index contributed by atoms with van der Waals surface area (Å²) in [5.74, 6) is 0. The van der Waals surface area contributed by atoms with Crippen LogP contribution >= 0.6 is 8.58 Å². The first-order valence-electron chi connectivity index (χ1n) is 4.29. The van der Waals surface area contributed by atoms with Gasteiger partial charge in [0.1, 0.15) is 0 Å². The molecule has 0 radical (unpaired) electrons. The Morgan fingerprint density at radius 3 is 2.08 bits per heavy atom. The molecule has 0 nitrogen and oxygen atoms in total. The molecular formula is C12H17P. The Bertz CT molecular complexity index is 254. The Hall–Kier alpha value is -0.870. The lowest BCUT2D eigenvalue weighted by Gasteiger charge is -2.01. The lowest BCUT2D eigenvalue weighted by molar-refractivity contribution is 1.70. The van der Waals surface area contributed by atoms with Gasteiger partial charge in [0.25, 0.3) is 0 Å². The molecule has 0 aromatic carbocycles. The average Bonchev–Trinajstić information content (AvgIpc) is 2.19. The fourth-order valence-corrected chi connectivity index (χ4v) is 1.63. The maximum atomic E-state index is 3.78. The molecule has 13 heavy (non-hydrogen) atoms. The van der Waals surface area contributed by atoms with Crippen LogP contribution in [-0.4, -0.2) is 0 Å².